The summed E-state index contributed by atoms with van der Waals surface area (Å²) in [6, 6.07) is 6.36. The number of benzene rings is 1. The van der Waals surface area contributed by atoms with Gasteiger partial charge in [-0.2, -0.15) is 4.52 Å². The first-order valence-electron chi connectivity index (χ1n) is 11.7. The van der Waals surface area contributed by atoms with Gasteiger partial charge in [-0.3, -0.25) is 9.89 Å². The molecule has 6 nitrogen and oxygen atoms in total. The van der Waals surface area contributed by atoms with Gasteiger partial charge in [0.1, 0.15) is 5.36 Å². The summed E-state index contributed by atoms with van der Waals surface area (Å²) in [5.74, 6) is 0.246. The van der Waals surface area contributed by atoms with E-state index in [1.807, 2.05) is 27.7 Å². The molecule has 3 rings (SSSR count). The van der Waals surface area contributed by atoms with Gasteiger partial charge in [-0.25, -0.2) is 9.98 Å². The van der Waals surface area contributed by atoms with Gasteiger partial charge in [0.15, 0.2) is 5.65 Å². The van der Waals surface area contributed by atoms with Crippen LogP contribution >= 0.6 is 0 Å². The summed E-state index contributed by atoms with van der Waals surface area (Å²) < 4.78 is 1.57. The van der Waals surface area contributed by atoms with Gasteiger partial charge in [-0.1, -0.05) is 27.7 Å². The number of H-pyrrole nitrogens is 1. The summed E-state index contributed by atoms with van der Waals surface area (Å²) >= 11 is 0. The average molecular weight is 436 g/mol. The monoisotopic (exact) mass is 435 g/mol. The minimum atomic E-state index is -0.0359. The van der Waals surface area contributed by atoms with Crippen LogP contribution in [0, 0.1) is 6.92 Å². The molecule has 2 heterocycles. The number of hydrogen-bond donors (Lipinski definition) is 1. The zero-order valence-electron chi connectivity index (χ0n) is 21.0. The maximum Gasteiger partial charge on any atom is 0.276 e. The molecule has 0 bridgehead atoms. The smallest absolute Gasteiger partial charge is 0.276 e. The van der Waals surface area contributed by atoms with E-state index in [0.29, 0.717) is 5.65 Å². The molecule has 0 amide bonds. The zero-order valence-corrected chi connectivity index (χ0v) is 21.0. The Balaban J connectivity index is 2.38. The second kappa shape index (κ2) is 9.31. The van der Waals surface area contributed by atoms with Crippen LogP contribution in [0.15, 0.2) is 28.0 Å². The van der Waals surface area contributed by atoms with E-state index in [4.69, 9.17) is 9.98 Å². The van der Waals surface area contributed by atoms with Crippen LogP contribution in [-0.2, 0) is 0 Å². The van der Waals surface area contributed by atoms with Gasteiger partial charge in [0.25, 0.3) is 5.56 Å². The molecular weight excluding hydrogens is 398 g/mol. The fraction of sp³-hybridized carbons (Fsp3) is 0.500. The number of fused-ring (bicyclic) bond motifs is 1. The van der Waals surface area contributed by atoms with Crippen LogP contribution in [0.25, 0.3) is 11.2 Å². The molecule has 6 heteroatoms. The van der Waals surface area contributed by atoms with Crippen LogP contribution in [0.4, 0.5) is 11.4 Å². The van der Waals surface area contributed by atoms with Gasteiger partial charge in [0, 0.05) is 24.3 Å². The van der Waals surface area contributed by atoms with Crippen LogP contribution < -0.4 is 21.2 Å². The summed E-state index contributed by atoms with van der Waals surface area (Å²) in [7, 11) is 0. The number of aryl methyl sites for hydroxylation is 1. The molecule has 0 spiro atoms. The molecular formula is C26H37N5O. The summed E-state index contributed by atoms with van der Waals surface area (Å²) in [5.41, 5.74) is 6.42. The first-order valence-corrected chi connectivity index (χ1v) is 11.7. The fourth-order valence-electron chi connectivity index (χ4n) is 4.20. The van der Waals surface area contributed by atoms with E-state index in [1.54, 1.807) is 4.52 Å². The normalized spacial score (nSPS) is 12.4. The third-order valence-corrected chi connectivity index (χ3v) is 5.99. The quantitative estimate of drug-likeness (QED) is 0.617. The lowest BCUT2D eigenvalue weighted by Crippen LogP contribution is -2.26. The average Bonchev–Trinajstić information content (AvgIpc) is 3.09. The van der Waals surface area contributed by atoms with Crippen molar-refractivity contribution in [3.8, 4) is 0 Å². The molecule has 0 aliphatic carbocycles. The Morgan fingerprint density at radius 2 is 1.78 bits per heavy atom. The van der Waals surface area contributed by atoms with Crippen LogP contribution in [0.1, 0.15) is 84.0 Å². The Hall–Kier alpha value is -2.89. The molecule has 2 aromatic heterocycles. The van der Waals surface area contributed by atoms with Crippen molar-refractivity contribution in [2.45, 2.75) is 74.1 Å². The molecule has 0 atom stereocenters. The fourth-order valence-corrected chi connectivity index (χ4v) is 4.20. The number of aromatic amines is 1. The number of nitrogens with zero attached hydrogens (tertiary/aromatic N) is 4. The Labute approximate surface area is 190 Å². The zero-order chi connectivity index (χ0) is 23.7. The third-order valence-electron chi connectivity index (χ3n) is 5.99. The van der Waals surface area contributed by atoms with Crippen molar-refractivity contribution in [3.63, 3.8) is 0 Å². The van der Waals surface area contributed by atoms with E-state index < -0.39 is 0 Å². The van der Waals surface area contributed by atoms with E-state index in [2.05, 4.69) is 62.8 Å². The molecule has 0 saturated heterocycles. The van der Waals surface area contributed by atoms with Crippen molar-refractivity contribution >= 4 is 22.6 Å². The predicted molar refractivity (Wildman–Crippen MR) is 134 cm³/mol. The highest BCUT2D eigenvalue weighted by Crippen LogP contribution is 2.25. The van der Waals surface area contributed by atoms with Crippen LogP contribution in [0.5, 0.6) is 0 Å². The predicted octanol–water partition coefficient (Wildman–Crippen LogP) is 4.57. The lowest BCUT2D eigenvalue weighted by molar-refractivity contribution is 0.720. The summed E-state index contributed by atoms with van der Waals surface area (Å²) in [6.07, 6.45) is 0. The van der Waals surface area contributed by atoms with Crippen molar-refractivity contribution in [1.29, 1.82) is 0 Å². The minimum Gasteiger partial charge on any atom is -0.372 e. The van der Waals surface area contributed by atoms with Gasteiger partial charge < -0.3 is 4.90 Å². The highest BCUT2D eigenvalue weighted by atomic mass is 16.1. The molecule has 32 heavy (non-hydrogen) atoms. The van der Waals surface area contributed by atoms with Gasteiger partial charge in [-0.15, -0.1) is 0 Å². The standard InChI is InChI=1S/C26H37N5O/c1-10-30(11-2)19-12-13-20(18(9)14-19)27-24-23(17(7)8)29-31-25(24)28-22(16(5)6)21(15(3)4)26(31)32/h12-16,29H,10-11H2,1-9H3. The van der Waals surface area contributed by atoms with E-state index in [0.717, 1.165) is 51.9 Å². The number of hydrogen-bond acceptors (Lipinski definition) is 4. The lowest BCUT2D eigenvalue weighted by Gasteiger charge is -2.21. The van der Waals surface area contributed by atoms with Crippen molar-refractivity contribution in [2.75, 3.05) is 18.0 Å². The third kappa shape index (κ3) is 4.23. The highest BCUT2D eigenvalue weighted by molar-refractivity contribution is 5.58. The maximum atomic E-state index is 13.4. The minimum absolute atomic E-state index is 0.0359. The van der Waals surface area contributed by atoms with Crippen molar-refractivity contribution in [2.24, 2.45) is 4.99 Å². The molecule has 1 N–H and O–H groups in total. The largest absolute Gasteiger partial charge is 0.372 e. The van der Waals surface area contributed by atoms with E-state index in [9.17, 15) is 4.79 Å². The van der Waals surface area contributed by atoms with Gasteiger partial charge in [0.2, 0.25) is 0 Å². The Morgan fingerprint density at radius 1 is 1.12 bits per heavy atom. The second-order valence-electron chi connectivity index (χ2n) is 9.27. The van der Waals surface area contributed by atoms with Crippen molar-refractivity contribution < 1.29 is 0 Å². The molecule has 0 aliphatic rings. The number of rotatable bonds is 6. The van der Waals surface area contributed by atoms with Crippen molar-refractivity contribution in [1.82, 2.24) is 14.6 Å². The van der Waals surface area contributed by atoms with E-state index >= 15 is 0 Å². The molecule has 3 aromatic rings. The Bertz CT molecular complexity index is 1300. The SMILES string of the molecule is CCN(CC)c1ccc(N=c2c(=C(C)C)[nH]n3c(=O)c(C(C)C)c(C(C)C)nc23)c(C)c1. The first kappa shape index (κ1) is 23.8. The van der Waals surface area contributed by atoms with Crippen LogP contribution in [-0.4, -0.2) is 27.7 Å². The number of anilines is 1. The molecule has 0 aliphatic heterocycles. The topological polar surface area (TPSA) is 65.8 Å². The summed E-state index contributed by atoms with van der Waals surface area (Å²) in [4.78, 5) is 25.7. The maximum absolute atomic E-state index is 13.4. The second-order valence-corrected chi connectivity index (χ2v) is 9.27. The number of nitrogens with one attached hydrogen (secondary N) is 1. The lowest BCUT2D eigenvalue weighted by atomic mass is 9.96. The van der Waals surface area contributed by atoms with E-state index in [-0.39, 0.29) is 17.4 Å². The molecule has 0 saturated carbocycles. The molecule has 172 valence electrons. The van der Waals surface area contributed by atoms with Gasteiger partial charge in [0.05, 0.1) is 16.7 Å². The summed E-state index contributed by atoms with van der Waals surface area (Å²) in [6.45, 7) is 20.6. The van der Waals surface area contributed by atoms with Gasteiger partial charge in [-0.05, 0) is 75.8 Å². The molecule has 1 aromatic carbocycles. The van der Waals surface area contributed by atoms with Gasteiger partial charge >= 0.3 is 0 Å². The molecule has 0 radical (unpaired) electrons. The molecule has 0 fully saturated rings. The van der Waals surface area contributed by atoms with Crippen LogP contribution in [0.3, 0.4) is 0 Å². The van der Waals surface area contributed by atoms with Crippen LogP contribution in [0.2, 0.25) is 0 Å². The summed E-state index contributed by atoms with van der Waals surface area (Å²) in [5, 5.41) is 4.85. The van der Waals surface area contributed by atoms with E-state index in [1.165, 1.54) is 5.69 Å². The first-order chi connectivity index (χ1) is 15.1. The Morgan fingerprint density at radius 3 is 2.28 bits per heavy atom. The van der Waals surface area contributed by atoms with Crippen molar-refractivity contribution in [3.05, 3.63) is 56.1 Å². The molecule has 0 unspecified atom stereocenters. The number of aromatic nitrogens is 3. The Kier molecular flexibility index (Phi) is 6.91. The highest BCUT2D eigenvalue weighted by Gasteiger charge is 2.20.